The molecule has 9 aromatic rings. The van der Waals surface area contributed by atoms with Gasteiger partial charge >= 0.3 is 0 Å². The summed E-state index contributed by atoms with van der Waals surface area (Å²) in [5.74, 6) is 0.723. The second-order valence-corrected chi connectivity index (χ2v) is 14.2. The Labute approximate surface area is 297 Å². The molecule has 0 N–H and O–H groups in total. The highest BCUT2D eigenvalue weighted by Crippen LogP contribution is 2.53. The van der Waals surface area contributed by atoms with Gasteiger partial charge in [0, 0.05) is 22.1 Å². The average molecular weight is 651 g/mol. The third kappa shape index (κ3) is 4.64. The van der Waals surface area contributed by atoms with Crippen LogP contribution in [0, 0.1) is 0 Å². The predicted molar refractivity (Wildman–Crippen MR) is 214 cm³/mol. The van der Waals surface area contributed by atoms with Crippen molar-refractivity contribution in [2.75, 3.05) is 0 Å². The van der Waals surface area contributed by atoms with E-state index in [0.29, 0.717) is 0 Å². The molecular formula is C49H34N2. The van der Waals surface area contributed by atoms with Gasteiger partial charge in [-0.1, -0.05) is 172 Å². The molecule has 0 saturated carbocycles. The van der Waals surface area contributed by atoms with Gasteiger partial charge in [0.05, 0.1) is 11.4 Å². The molecule has 0 fully saturated rings. The Morgan fingerprint density at radius 3 is 1.82 bits per heavy atom. The van der Waals surface area contributed by atoms with E-state index in [0.717, 1.165) is 39.3 Å². The number of hydrogen-bond acceptors (Lipinski definition) is 2. The van der Waals surface area contributed by atoms with Crippen LogP contribution in [0.15, 0.2) is 170 Å². The van der Waals surface area contributed by atoms with Gasteiger partial charge in [0.1, 0.15) is 0 Å². The minimum Gasteiger partial charge on any atom is -0.228 e. The van der Waals surface area contributed by atoms with Crippen molar-refractivity contribution in [2.45, 2.75) is 19.3 Å². The fraction of sp³-hybridized carbons (Fsp3) is 0.0612. The molecule has 0 radical (unpaired) electrons. The molecule has 2 nitrogen and oxygen atoms in total. The van der Waals surface area contributed by atoms with Gasteiger partial charge in [-0.15, -0.1) is 0 Å². The zero-order valence-electron chi connectivity index (χ0n) is 28.6. The fourth-order valence-electron chi connectivity index (χ4n) is 8.36. The zero-order valence-corrected chi connectivity index (χ0v) is 28.6. The Kier molecular flexibility index (Phi) is 6.56. The lowest BCUT2D eigenvalue weighted by molar-refractivity contribution is 0.660. The number of aromatic nitrogens is 2. The Bertz CT molecular complexity index is 2840. The molecule has 0 saturated heterocycles. The monoisotopic (exact) mass is 650 g/mol. The van der Waals surface area contributed by atoms with Crippen molar-refractivity contribution in [2.24, 2.45) is 0 Å². The maximum atomic E-state index is 5.36. The first-order chi connectivity index (χ1) is 25.0. The van der Waals surface area contributed by atoms with E-state index in [1.165, 1.54) is 60.3 Å². The van der Waals surface area contributed by atoms with E-state index in [4.69, 9.17) is 9.97 Å². The number of benzene rings is 8. The molecule has 0 unspecified atom stereocenters. The first-order valence-corrected chi connectivity index (χ1v) is 17.7. The molecule has 0 bridgehead atoms. The lowest BCUT2D eigenvalue weighted by Crippen LogP contribution is -2.14. The standard InChI is InChI=1S/C49H34N2/c1-49(2)43-23-10-9-20-42(43)47-40(21-12-24-44(47)49)38-27-28-39(37-19-8-7-18-36(37)38)46-30-45(34-26-25-31-13-3-4-15-33(31)29-34)50-48(51-46)41-22-11-16-32-14-5-6-17-35(32)41/h3-30H,1-2H3. The quantitative estimate of drug-likeness (QED) is 0.189. The Balaban J connectivity index is 1.21. The van der Waals surface area contributed by atoms with Crippen LogP contribution < -0.4 is 0 Å². The zero-order chi connectivity index (χ0) is 34.1. The van der Waals surface area contributed by atoms with E-state index in [9.17, 15) is 0 Å². The highest BCUT2D eigenvalue weighted by Gasteiger charge is 2.36. The summed E-state index contributed by atoms with van der Waals surface area (Å²) in [6, 6.07) is 61.2. The molecule has 1 aliphatic carbocycles. The summed E-state index contributed by atoms with van der Waals surface area (Å²) in [7, 11) is 0. The van der Waals surface area contributed by atoms with E-state index < -0.39 is 0 Å². The van der Waals surface area contributed by atoms with Gasteiger partial charge in [0.2, 0.25) is 0 Å². The van der Waals surface area contributed by atoms with Crippen LogP contribution in [0.3, 0.4) is 0 Å². The van der Waals surface area contributed by atoms with Gasteiger partial charge in [-0.3, -0.25) is 0 Å². The van der Waals surface area contributed by atoms with E-state index >= 15 is 0 Å². The van der Waals surface area contributed by atoms with Crippen LogP contribution in [0.5, 0.6) is 0 Å². The summed E-state index contributed by atoms with van der Waals surface area (Å²) in [5, 5.41) is 7.10. The number of fused-ring (bicyclic) bond motifs is 6. The molecule has 0 aliphatic heterocycles. The molecule has 1 aromatic heterocycles. The van der Waals surface area contributed by atoms with Gasteiger partial charge < -0.3 is 0 Å². The lowest BCUT2D eigenvalue weighted by atomic mass is 9.81. The van der Waals surface area contributed by atoms with Gasteiger partial charge in [0.25, 0.3) is 0 Å². The molecule has 0 spiro atoms. The first kappa shape index (κ1) is 29.5. The highest BCUT2D eigenvalue weighted by molar-refractivity contribution is 6.08. The average Bonchev–Trinajstić information content (AvgIpc) is 3.43. The summed E-state index contributed by atoms with van der Waals surface area (Å²) < 4.78 is 0. The summed E-state index contributed by atoms with van der Waals surface area (Å²) in [6.45, 7) is 4.69. The Hall–Kier alpha value is -6.38. The Morgan fingerprint density at radius 2 is 0.961 bits per heavy atom. The minimum absolute atomic E-state index is 0.0597. The van der Waals surface area contributed by atoms with Crippen LogP contribution in [0.4, 0.5) is 0 Å². The minimum atomic E-state index is -0.0597. The number of hydrogen-bond donors (Lipinski definition) is 0. The maximum absolute atomic E-state index is 5.36. The largest absolute Gasteiger partial charge is 0.228 e. The molecule has 2 heteroatoms. The molecule has 240 valence electrons. The van der Waals surface area contributed by atoms with Gasteiger partial charge in [0.15, 0.2) is 5.82 Å². The van der Waals surface area contributed by atoms with Crippen molar-refractivity contribution in [1.29, 1.82) is 0 Å². The number of rotatable bonds is 4. The van der Waals surface area contributed by atoms with Crippen LogP contribution in [-0.4, -0.2) is 9.97 Å². The summed E-state index contributed by atoms with van der Waals surface area (Å²) in [6.07, 6.45) is 0. The normalized spacial score (nSPS) is 13.1. The second kappa shape index (κ2) is 11.3. The van der Waals surface area contributed by atoms with Crippen LogP contribution in [0.25, 0.3) is 88.5 Å². The third-order valence-electron chi connectivity index (χ3n) is 10.9. The highest BCUT2D eigenvalue weighted by atomic mass is 14.9. The van der Waals surface area contributed by atoms with E-state index in [-0.39, 0.29) is 5.41 Å². The molecule has 0 amide bonds. The van der Waals surface area contributed by atoms with Gasteiger partial charge in [-0.25, -0.2) is 9.97 Å². The molecular weight excluding hydrogens is 617 g/mol. The lowest BCUT2D eigenvalue weighted by Gasteiger charge is -2.22. The van der Waals surface area contributed by atoms with Crippen molar-refractivity contribution in [3.05, 3.63) is 181 Å². The molecule has 8 aromatic carbocycles. The SMILES string of the molecule is CC1(C)c2ccccc2-c2c(-c3ccc(-c4cc(-c5ccc6ccccc6c5)nc(-c5cccc6ccccc56)n4)c4ccccc34)cccc21. The van der Waals surface area contributed by atoms with E-state index in [1.807, 2.05) is 0 Å². The van der Waals surface area contributed by atoms with Crippen LogP contribution in [-0.2, 0) is 5.41 Å². The van der Waals surface area contributed by atoms with Crippen LogP contribution in [0.2, 0.25) is 0 Å². The summed E-state index contributed by atoms with van der Waals surface area (Å²) in [5.41, 5.74) is 12.9. The first-order valence-electron chi connectivity index (χ1n) is 17.7. The predicted octanol–water partition coefficient (Wildman–Crippen LogP) is 12.9. The summed E-state index contributed by atoms with van der Waals surface area (Å²) >= 11 is 0. The van der Waals surface area contributed by atoms with Crippen molar-refractivity contribution < 1.29 is 0 Å². The number of nitrogens with zero attached hydrogens (tertiary/aromatic N) is 2. The van der Waals surface area contributed by atoms with Crippen molar-refractivity contribution in [1.82, 2.24) is 9.97 Å². The van der Waals surface area contributed by atoms with Crippen molar-refractivity contribution in [3.63, 3.8) is 0 Å². The smallest absolute Gasteiger partial charge is 0.161 e. The molecule has 0 atom stereocenters. The second-order valence-electron chi connectivity index (χ2n) is 14.2. The van der Waals surface area contributed by atoms with Gasteiger partial charge in [-0.2, -0.15) is 0 Å². The van der Waals surface area contributed by atoms with Gasteiger partial charge in [-0.05, 0) is 77.8 Å². The fourth-order valence-corrected chi connectivity index (χ4v) is 8.36. The molecule has 1 heterocycles. The van der Waals surface area contributed by atoms with Crippen LogP contribution >= 0.6 is 0 Å². The topological polar surface area (TPSA) is 25.8 Å². The summed E-state index contributed by atoms with van der Waals surface area (Å²) in [4.78, 5) is 10.6. The molecule has 51 heavy (non-hydrogen) atoms. The van der Waals surface area contributed by atoms with Crippen molar-refractivity contribution >= 4 is 32.3 Å². The maximum Gasteiger partial charge on any atom is 0.161 e. The molecule has 1 aliphatic rings. The van der Waals surface area contributed by atoms with Crippen LogP contribution in [0.1, 0.15) is 25.0 Å². The Morgan fingerprint density at radius 1 is 0.373 bits per heavy atom. The van der Waals surface area contributed by atoms with Crippen molar-refractivity contribution in [3.8, 4) is 56.2 Å². The van der Waals surface area contributed by atoms with E-state index in [2.05, 4.69) is 184 Å². The van der Waals surface area contributed by atoms with E-state index in [1.54, 1.807) is 0 Å². The third-order valence-corrected chi connectivity index (χ3v) is 10.9. The molecule has 10 rings (SSSR count).